The van der Waals surface area contributed by atoms with E-state index in [1.807, 2.05) is 0 Å². The number of hydrogen-bond acceptors (Lipinski definition) is 2. The minimum Gasteiger partial charge on any atom is -0.381 e. The Morgan fingerprint density at radius 2 is 2.00 bits per heavy atom. The van der Waals surface area contributed by atoms with Crippen molar-refractivity contribution in [3.8, 4) is 0 Å². The second kappa shape index (κ2) is 7.60. The molecule has 0 aromatic carbocycles. The predicted octanol–water partition coefficient (Wildman–Crippen LogP) is 2.02. The van der Waals surface area contributed by atoms with E-state index >= 15 is 0 Å². The molecule has 0 amide bonds. The van der Waals surface area contributed by atoms with Crippen molar-refractivity contribution in [2.75, 3.05) is 32.2 Å². The van der Waals surface area contributed by atoms with Crippen LogP contribution in [0.2, 0.25) is 0 Å². The third-order valence-corrected chi connectivity index (χ3v) is 2.82. The largest absolute Gasteiger partial charge is 0.381 e. The summed E-state index contributed by atoms with van der Waals surface area (Å²) in [6.07, 6.45) is 4.87. The molecular weight excluding hydrogens is 186 g/mol. The first-order valence-electron chi connectivity index (χ1n) is 5.28. The second-order valence-corrected chi connectivity index (χ2v) is 4.01. The molecule has 1 heterocycles. The van der Waals surface area contributed by atoms with Gasteiger partial charge in [-0.3, -0.25) is 0 Å². The van der Waals surface area contributed by atoms with E-state index < -0.39 is 0 Å². The Labute approximate surface area is 86.0 Å². The molecule has 1 saturated heterocycles. The standard InChI is InChI=1S/C10H20ClNO/c11-5-1-6-12-7-2-10-3-8-13-9-4-10/h10,12H,1-9H2. The third-order valence-electron chi connectivity index (χ3n) is 2.56. The van der Waals surface area contributed by atoms with Gasteiger partial charge in [-0.2, -0.15) is 0 Å². The lowest BCUT2D eigenvalue weighted by atomic mass is 9.97. The molecule has 3 heteroatoms. The van der Waals surface area contributed by atoms with Crippen molar-refractivity contribution < 1.29 is 4.74 Å². The highest BCUT2D eigenvalue weighted by Crippen LogP contribution is 2.17. The maximum absolute atomic E-state index is 5.57. The van der Waals surface area contributed by atoms with E-state index in [9.17, 15) is 0 Å². The Balaban J connectivity index is 1.86. The molecule has 0 radical (unpaired) electrons. The van der Waals surface area contributed by atoms with Crippen LogP contribution in [0.3, 0.4) is 0 Å². The fraction of sp³-hybridized carbons (Fsp3) is 1.00. The van der Waals surface area contributed by atoms with Gasteiger partial charge in [0.05, 0.1) is 0 Å². The van der Waals surface area contributed by atoms with E-state index in [2.05, 4.69) is 5.32 Å². The van der Waals surface area contributed by atoms with Crippen LogP contribution in [0.5, 0.6) is 0 Å². The van der Waals surface area contributed by atoms with Gasteiger partial charge >= 0.3 is 0 Å². The molecule has 13 heavy (non-hydrogen) atoms. The van der Waals surface area contributed by atoms with Gasteiger partial charge in [0.15, 0.2) is 0 Å². The Kier molecular flexibility index (Phi) is 6.60. The van der Waals surface area contributed by atoms with Crippen LogP contribution in [-0.4, -0.2) is 32.2 Å². The minimum absolute atomic E-state index is 0.768. The van der Waals surface area contributed by atoms with Crippen molar-refractivity contribution in [3.05, 3.63) is 0 Å². The summed E-state index contributed by atoms with van der Waals surface area (Å²) in [5.74, 6) is 1.65. The zero-order valence-corrected chi connectivity index (χ0v) is 8.98. The summed E-state index contributed by atoms with van der Waals surface area (Å²) < 4.78 is 5.31. The van der Waals surface area contributed by atoms with Crippen molar-refractivity contribution in [1.82, 2.24) is 5.32 Å². The molecule has 0 saturated carbocycles. The number of nitrogens with one attached hydrogen (secondary N) is 1. The monoisotopic (exact) mass is 205 g/mol. The predicted molar refractivity (Wildman–Crippen MR) is 56.4 cm³/mol. The van der Waals surface area contributed by atoms with Crippen LogP contribution in [0.1, 0.15) is 25.7 Å². The van der Waals surface area contributed by atoms with Crippen LogP contribution in [0.4, 0.5) is 0 Å². The number of ether oxygens (including phenoxy) is 1. The molecule has 0 aromatic heterocycles. The topological polar surface area (TPSA) is 21.3 Å². The molecule has 0 aromatic rings. The van der Waals surface area contributed by atoms with Gasteiger partial charge in [0, 0.05) is 19.1 Å². The van der Waals surface area contributed by atoms with Crippen LogP contribution >= 0.6 is 11.6 Å². The van der Waals surface area contributed by atoms with E-state index in [1.165, 1.54) is 19.3 Å². The van der Waals surface area contributed by atoms with Crippen molar-refractivity contribution >= 4 is 11.6 Å². The molecule has 78 valence electrons. The van der Waals surface area contributed by atoms with Crippen molar-refractivity contribution in [2.24, 2.45) is 5.92 Å². The first-order valence-corrected chi connectivity index (χ1v) is 5.81. The molecule has 0 unspecified atom stereocenters. The molecule has 0 atom stereocenters. The lowest BCUT2D eigenvalue weighted by Crippen LogP contribution is -2.23. The molecule has 2 nitrogen and oxygen atoms in total. The fourth-order valence-corrected chi connectivity index (χ4v) is 1.79. The van der Waals surface area contributed by atoms with Crippen molar-refractivity contribution in [1.29, 1.82) is 0 Å². The molecule has 0 spiro atoms. The highest BCUT2D eigenvalue weighted by Gasteiger charge is 2.12. The van der Waals surface area contributed by atoms with Gasteiger partial charge in [0.25, 0.3) is 0 Å². The molecular formula is C10H20ClNO. The van der Waals surface area contributed by atoms with E-state index in [0.29, 0.717) is 0 Å². The van der Waals surface area contributed by atoms with E-state index in [1.54, 1.807) is 0 Å². The summed E-state index contributed by atoms with van der Waals surface area (Å²) in [5.41, 5.74) is 0. The fourth-order valence-electron chi connectivity index (χ4n) is 1.66. The molecule has 1 aliphatic rings. The van der Waals surface area contributed by atoms with Crippen LogP contribution in [-0.2, 0) is 4.74 Å². The van der Waals surface area contributed by atoms with Gasteiger partial charge in [0.2, 0.25) is 0 Å². The highest BCUT2D eigenvalue weighted by molar-refractivity contribution is 6.17. The summed E-state index contributed by atoms with van der Waals surface area (Å²) >= 11 is 5.57. The van der Waals surface area contributed by atoms with Gasteiger partial charge < -0.3 is 10.1 Å². The summed E-state index contributed by atoms with van der Waals surface area (Å²) in [7, 11) is 0. The molecule has 0 bridgehead atoms. The Bertz CT molecular complexity index is 115. The second-order valence-electron chi connectivity index (χ2n) is 3.64. The smallest absolute Gasteiger partial charge is 0.0468 e. The van der Waals surface area contributed by atoms with Crippen LogP contribution in [0.25, 0.3) is 0 Å². The van der Waals surface area contributed by atoms with Crippen LogP contribution < -0.4 is 5.32 Å². The summed E-state index contributed by atoms with van der Waals surface area (Å²) in [4.78, 5) is 0. The van der Waals surface area contributed by atoms with E-state index in [4.69, 9.17) is 16.3 Å². The number of rotatable bonds is 6. The lowest BCUT2D eigenvalue weighted by molar-refractivity contribution is 0.0640. The van der Waals surface area contributed by atoms with Gasteiger partial charge in [0.1, 0.15) is 0 Å². The number of halogens is 1. The van der Waals surface area contributed by atoms with Crippen LogP contribution in [0, 0.1) is 5.92 Å². The summed E-state index contributed by atoms with van der Waals surface area (Å²) in [6.45, 7) is 4.13. The third kappa shape index (κ3) is 5.50. The van der Waals surface area contributed by atoms with Crippen LogP contribution in [0.15, 0.2) is 0 Å². The summed E-state index contributed by atoms with van der Waals surface area (Å²) in [5, 5.41) is 3.41. The first kappa shape index (κ1) is 11.3. The van der Waals surface area contributed by atoms with Crippen molar-refractivity contribution in [2.45, 2.75) is 25.7 Å². The normalized spacial score (nSPS) is 19.2. The highest BCUT2D eigenvalue weighted by atomic mass is 35.5. The minimum atomic E-state index is 0.768. The molecule has 1 fully saturated rings. The SMILES string of the molecule is ClCCCNCCC1CCOCC1. The van der Waals surface area contributed by atoms with Gasteiger partial charge in [-0.25, -0.2) is 0 Å². The van der Waals surface area contributed by atoms with E-state index in [-0.39, 0.29) is 0 Å². The van der Waals surface area contributed by atoms with Gasteiger partial charge in [-0.15, -0.1) is 11.6 Å². The average Bonchev–Trinajstić information content (AvgIpc) is 2.19. The molecule has 1 rings (SSSR count). The lowest BCUT2D eigenvalue weighted by Gasteiger charge is -2.21. The average molecular weight is 206 g/mol. The molecule has 0 aliphatic carbocycles. The van der Waals surface area contributed by atoms with Gasteiger partial charge in [-0.05, 0) is 44.7 Å². The quantitative estimate of drug-likeness (QED) is 0.529. The maximum Gasteiger partial charge on any atom is 0.0468 e. The zero-order valence-electron chi connectivity index (χ0n) is 8.23. The van der Waals surface area contributed by atoms with Crippen molar-refractivity contribution in [3.63, 3.8) is 0 Å². The Hall–Kier alpha value is 0.210. The number of hydrogen-bond donors (Lipinski definition) is 1. The zero-order chi connectivity index (χ0) is 9.36. The maximum atomic E-state index is 5.57. The summed E-state index contributed by atoms with van der Waals surface area (Å²) in [6, 6.07) is 0. The first-order chi connectivity index (χ1) is 6.43. The molecule has 1 N–H and O–H groups in total. The van der Waals surface area contributed by atoms with E-state index in [0.717, 1.165) is 44.5 Å². The Morgan fingerprint density at radius 1 is 1.23 bits per heavy atom. The molecule has 1 aliphatic heterocycles. The number of alkyl halides is 1. The van der Waals surface area contributed by atoms with Gasteiger partial charge in [-0.1, -0.05) is 0 Å². The Morgan fingerprint density at radius 3 is 2.69 bits per heavy atom.